The molecule has 0 atom stereocenters. The highest BCUT2D eigenvalue weighted by atomic mass is 19.4. The van der Waals surface area contributed by atoms with Gasteiger partial charge in [0.2, 0.25) is 0 Å². The number of methoxy groups -OCH3 is 1. The molecular weight excluding hydrogens is 311 g/mol. The Bertz CT molecular complexity index is 584. The van der Waals surface area contributed by atoms with Crippen molar-refractivity contribution >= 4 is 5.97 Å². The van der Waals surface area contributed by atoms with Crippen molar-refractivity contribution in [3.63, 3.8) is 0 Å². The van der Waals surface area contributed by atoms with Crippen molar-refractivity contribution in [3.05, 3.63) is 41.5 Å². The number of esters is 1. The molecule has 0 amide bonds. The first-order valence-electron chi connectivity index (χ1n) is 7.20. The first-order valence-corrected chi connectivity index (χ1v) is 7.20. The lowest BCUT2D eigenvalue weighted by Gasteiger charge is -2.26. The summed E-state index contributed by atoms with van der Waals surface area (Å²) in [7, 11) is 1.33. The normalized spacial score (nSPS) is 15.9. The minimum absolute atomic E-state index is 0.181. The van der Waals surface area contributed by atoms with Crippen LogP contribution in [0.5, 0.6) is 5.75 Å². The van der Waals surface area contributed by atoms with Crippen molar-refractivity contribution in [3.8, 4) is 5.75 Å². The molecule has 7 heteroatoms. The molecule has 1 aromatic rings. The van der Waals surface area contributed by atoms with E-state index in [0.29, 0.717) is 18.7 Å². The second-order valence-corrected chi connectivity index (χ2v) is 5.16. The van der Waals surface area contributed by atoms with Crippen molar-refractivity contribution < 1.29 is 27.4 Å². The van der Waals surface area contributed by atoms with Crippen LogP contribution in [0.1, 0.15) is 12.0 Å². The molecule has 1 aliphatic heterocycles. The van der Waals surface area contributed by atoms with Gasteiger partial charge in [0.1, 0.15) is 12.4 Å². The van der Waals surface area contributed by atoms with Gasteiger partial charge < -0.3 is 9.47 Å². The molecule has 0 aromatic heterocycles. The molecule has 0 bridgehead atoms. The number of rotatable bonds is 5. The van der Waals surface area contributed by atoms with Crippen LogP contribution in [-0.2, 0) is 15.7 Å². The first kappa shape index (κ1) is 17.3. The number of benzene rings is 1. The van der Waals surface area contributed by atoms with Crippen molar-refractivity contribution in [2.24, 2.45) is 0 Å². The Morgan fingerprint density at radius 3 is 2.83 bits per heavy atom. The Morgan fingerprint density at radius 1 is 1.35 bits per heavy atom. The van der Waals surface area contributed by atoms with Gasteiger partial charge in [0.05, 0.1) is 12.7 Å². The van der Waals surface area contributed by atoms with Gasteiger partial charge in [-0.25, -0.2) is 4.79 Å². The molecular formula is C16H18F3NO3. The molecule has 0 aliphatic carbocycles. The fourth-order valence-electron chi connectivity index (χ4n) is 2.33. The van der Waals surface area contributed by atoms with Gasteiger partial charge in [-0.15, -0.1) is 0 Å². The number of nitrogens with zero attached hydrogens (tertiary/aromatic N) is 1. The lowest BCUT2D eigenvalue weighted by Crippen LogP contribution is -2.35. The van der Waals surface area contributed by atoms with Crippen LogP contribution in [0.2, 0.25) is 0 Å². The molecule has 4 nitrogen and oxygen atoms in total. The molecule has 0 radical (unpaired) electrons. The number of ether oxygens (including phenoxy) is 2. The van der Waals surface area contributed by atoms with E-state index >= 15 is 0 Å². The quantitative estimate of drug-likeness (QED) is 0.779. The number of carbonyl (C=O) groups is 1. The molecule has 1 aliphatic rings. The van der Waals surface area contributed by atoms with Crippen LogP contribution < -0.4 is 4.74 Å². The van der Waals surface area contributed by atoms with Gasteiger partial charge in [-0.2, -0.15) is 13.2 Å². The van der Waals surface area contributed by atoms with E-state index in [-0.39, 0.29) is 18.3 Å². The van der Waals surface area contributed by atoms with Crippen LogP contribution in [0.15, 0.2) is 35.9 Å². The minimum atomic E-state index is -4.38. The maximum atomic E-state index is 12.6. The van der Waals surface area contributed by atoms with Crippen LogP contribution in [0.4, 0.5) is 13.2 Å². The molecule has 0 spiro atoms. The molecule has 1 aromatic carbocycles. The summed E-state index contributed by atoms with van der Waals surface area (Å²) in [5.41, 5.74) is -0.137. The van der Waals surface area contributed by atoms with Gasteiger partial charge >= 0.3 is 12.1 Å². The van der Waals surface area contributed by atoms with Crippen LogP contribution >= 0.6 is 0 Å². The van der Waals surface area contributed by atoms with E-state index in [2.05, 4.69) is 4.74 Å². The summed E-state index contributed by atoms with van der Waals surface area (Å²) in [6.07, 6.45) is -1.81. The summed E-state index contributed by atoms with van der Waals surface area (Å²) in [5.74, 6) is -0.172. The van der Waals surface area contributed by atoms with Crippen LogP contribution in [-0.4, -0.2) is 44.2 Å². The van der Waals surface area contributed by atoms with E-state index in [1.807, 2.05) is 11.0 Å². The first-order chi connectivity index (χ1) is 10.9. The van der Waals surface area contributed by atoms with Crippen molar-refractivity contribution in [2.75, 3.05) is 33.4 Å². The molecule has 0 N–H and O–H groups in total. The predicted octanol–water partition coefficient (Wildman–Crippen LogP) is 2.89. The molecule has 2 rings (SSSR count). The molecule has 126 valence electrons. The molecule has 1 heterocycles. The highest BCUT2D eigenvalue weighted by Gasteiger charge is 2.30. The SMILES string of the molecule is COC(=O)C1=CCCN(CCOc2cccc(C(F)(F)F)c2)C1. The standard InChI is InChI=1S/C16H18F3NO3/c1-22-15(21)12-4-3-7-20(11-12)8-9-23-14-6-2-5-13(10-14)16(17,18)19/h2,4-6,10H,3,7-9,11H2,1H3. The zero-order chi connectivity index (χ0) is 16.9. The third kappa shape index (κ3) is 4.99. The lowest BCUT2D eigenvalue weighted by molar-refractivity contribution is -0.138. The van der Waals surface area contributed by atoms with E-state index in [1.165, 1.54) is 19.2 Å². The number of carbonyl (C=O) groups excluding carboxylic acids is 1. The predicted molar refractivity (Wildman–Crippen MR) is 78.1 cm³/mol. The van der Waals surface area contributed by atoms with Crippen molar-refractivity contribution in [1.82, 2.24) is 4.90 Å². The third-order valence-corrected chi connectivity index (χ3v) is 3.52. The van der Waals surface area contributed by atoms with Gasteiger partial charge in [0.15, 0.2) is 0 Å². The van der Waals surface area contributed by atoms with E-state index < -0.39 is 11.7 Å². The molecule has 0 unspecified atom stereocenters. The number of hydrogen-bond donors (Lipinski definition) is 0. The molecule has 0 fully saturated rings. The summed E-state index contributed by atoms with van der Waals surface area (Å²) < 4.78 is 47.9. The second kappa shape index (κ2) is 7.50. The fourth-order valence-corrected chi connectivity index (χ4v) is 2.33. The maximum Gasteiger partial charge on any atom is 0.416 e. The highest BCUT2D eigenvalue weighted by molar-refractivity contribution is 5.88. The average Bonchev–Trinajstić information content (AvgIpc) is 2.54. The number of halogens is 3. The van der Waals surface area contributed by atoms with Crippen molar-refractivity contribution in [1.29, 1.82) is 0 Å². The van der Waals surface area contributed by atoms with E-state index in [4.69, 9.17) is 4.74 Å². The number of alkyl halides is 3. The van der Waals surface area contributed by atoms with Crippen LogP contribution in [0.25, 0.3) is 0 Å². The Hall–Kier alpha value is -2.02. The Kier molecular flexibility index (Phi) is 5.65. The van der Waals surface area contributed by atoms with E-state index in [0.717, 1.165) is 25.1 Å². The summed E-state index contributed by atoms with van der Waals surface area (Å²) >= 11 is 0. The number of hydrogen-bond acceptors (Lipinski definition) is 4. The fraction of sp³-hybridized carbons (Fsp3) is 0.438. The van der Waals surface area contributed by atoms with Gasteiger partial charge in [-0.1, -0.05) is 12.1 Å². The van der Waals surface area contributed by atoms with E-state index in [9.17, 15) is 18.0 Å². The van der Waals surface area contributed by atoms with Gasteiger partial charge in [-0.05, 0) is 24.6 Å². The summed E-state index contributed by atoms with van der Waals surface area (Å²) in [6, 6.07) is 4.79. The largest absolute Gasteiger partial charge is 0.492 e. The highest BCUT2D eigenvalue weighted by Crippen LogP contribution is 2.31. The van der Waals surface area contributed by atoms with Crippen molar-refractivity contribution in [2.45, 2.75) is 12.6 Å². The van der Waals surface area contributed by atoms with Crippen LogP contribution in [0, 0.1) is 0 Å². The summed E-state index contributed by atoms with van der Waals surface area (Å²) in [5, 5.41) is 0. The van der Waals surface area contributed by atoms with Gasteiger partial charge in [-0.3, -0.25) is 4.90 Å². The zero-order valence-corrected chi connectivity index (χ0v) is 12.7. The van der Waals surface area contributed by atoms with Gasteiger partial charge in [0.25, 0.3) is 0 Å². The average molecular weight is 329 g/mol. The Morgan fingerprint density at radius 2 is 2.13 bits per heavy atom. The second-order valence-electron chi connectivity index (χ2n) is 5.16. The molecule has 23 heavy (non-hydrogen) atoms. The monoisotopic (exact) mass is 329 g/mol. The smallest absolute Gasteiger partial charge is 0.416 e. The summed E-state index contributed by atoms with van der Waals surface area (Å²) in [4.78, 5) is 13.5. The van der Waals surface area contributed by atoms with Crippen LogP contribution in [0.3, 0.4) is 0 Å². The lowest BCUT2D eigenvalue weighted by atomic mass is 10.1. The Balaban J connectivity index is 1.84. The molecule has 0 saturated heterocycles. The topological polar surface area (TPSA) is 38.8 Å². The maximum absolute atomic E-state index is 12.6. The summed E-state index contributed by atoms with van der Waals surface area (Å²) in [6.45, 7) is 1.99. The zero-order valence-electron chi connectivity index (χ0n) is 12.7. The Labute approximate surface area is 132 Å². The van der Waals surface area contributed by atoms with Gasteiger partial charge in [0, 0.05) is 25.2 Å². The minimum Gasteiger partial charge on any atom is -0.492 e. The third-order valence-electron chi connectivity index (χ3n) is 3.52. The van der Waals surface area contributed by atoms with E-state index in [1.54, 1.807) is 0 Å². The molecule has 0 saturated carbocycles.